The molecule has 0 aromatic carbocycles. The van der Waals surface area contributed by atoms with Crippen molar-refractivity contribution < 1.29 is 4.79 Å². The van der Waals surface area contributed by atoms with Gasteiger partial charge in [0.05, 0.1) is 0 Å². The van der Waals surface area contributed by atoms with Gasteiger partial charge in [-0.3, -0.25) is 4.79 Å². The fraction of sp³-hybridized carbons (Fsp3) is 0.880. The van der Waals surface area contributed by atoms with Crippen LogP contribution >= 0.6 is 0 Å². The molecule has 0 aromatic heterocycles. The third-order valence-corrected chi connectivity index (χ3v) is 5.90. The maximum Gasteiger partial charge on any atom is 0.246 e. The van der Waals surface area contributed by atoms with E-state index in [1.165, 1.54) is 116 Å². The Kier molecular flexibility index (Phi) is 16.7. The Morgan fingerprint density at radius 2 is 1.11 bits per heavy atom. The first-order valence-electron chi connectivity index (χ1n) is 12.3. The Morgan fingerprint density at radius 1 is 0.667 bits per heavy atom. The molecule has 1 saturated heterocycles. The van der Waals surface area contributed by atoms with Gasteiger partial charge >= 0.3 is 0 Å². The number of amides is 1. The van der Waals surface area contributed by atoms with Crippen molar-refractivity contribution in [3.8, 4) is 0 Å². The maximum absolute atomic E-state index is 12.0. The van der Waals surface area contributed by atoms with Gasteiger partial charge in [0.2, 0.25) is 5.91 Å². The summed E-state index contributed by atoms with van der Waals surface area (Å²) in [6, 6.07) is 0. The van der Waals surface area contributed by atoms with Crippen molar-refractivity contribution in [1.82, 2.24) is 4.90 Å². The summed E-state index contributed by atoms with van der Waals surface area (Å²) in [7, 11) is 0. The molecule has 2 nitrogen and oxygen atoms in total. The largest absolute Gasteiger partial charge is 0.339 e. The number of hydrogen-bond donors (Lipinski definition) is 0. The van der Waals surface area contributed by atoms with Crippen LogP contribution in [0.5, 0.6) is 0 Å². The van der Waals surface area contributed by atoms with Gasteiger partial charge in [-0.1, -0.05) is 103 Å². The molecule has 1 fully saturated rings. The molecule has 1 amide bonds. The lowest BCUT2D eigenvalue weighted by molar-refractivity contribution is -0.126. The second kappa shape index (κ2) is 18.6. The van der Waals surface area contributed by atoms with E-state index in [0.29, 0.717) is 0 Å². The normalized spacial score (nSPS) is 14.9. The molecule has 1 rings (SSSR count). The summed E-state index contributed by atoms with van der Waals surface area (Å²) in [6.45, 7) is 4.21. The maximum atomic E-state index is 12.0. The SMILES string of the molecule is CCCCCCCCCCCCCCCCC/C=C/C(=O)N1CCCCC1. The van der Waals surface area contributed by atoms with Gasteiger partial charge in [-0.15, -0.1) is 0 Å². The van der Waals surface area contributed by atoms with Crippen molar-refractivity contribution in [3.05, 3.63) is 12.2 Å². The molecule has 0 N–H and O–H groups in total. The minimum absolute atomic E-state index is 0.232. The molecule has 1 aliphatic heterocycles. The second-order valence-electron chi connectivity index (χ2n) is 8.53. The van der Waals surface area contributed by atoms with Crippen molar-refractivity contribution in [2.24, 2.45) is 0 Å². The zero-order valence-electron chi connectivity index (χ0n) is 18.4. The zero-order chi connectivity index (χ0) is 19.4. The highest BCUT2D eigenvalue weighted by molar-refractivity contribution is 5.87. The summed E-state index contributed by atoms with van der Waals surface area (Å²) in [5.41, 5.74) is 0. The summed E-state index contributed by atoms with van der Waals surface area (Å²) in [5, 5.41) is 0. The van der Waals surface area contributed by atoms with Crippen molar-refractivity contribution >= 4 is 5.91 Å². The molecule has 0 spiro atoms. The molecule has 2 heteroatoms. The average Bonchev–Trinajstić information content (AvgIpc) is 2.70. The minimum Gasteiger partial charge on any atom is -0.339 e. The number of nitrogens with zero attached hydrogens (tertiary/aromatic N) is 1. The van der Waals surface area contributed by atoms with Crippen molar-refractivity contribution in [3.63, 3.8) is 0 Å². The van der Waals surface area contributed by atoms with Crippen LogP contribution in [-0.4, -0.2) is 23.9 Å². The number of carbonyl (C=O) groups is 1. The molecule has 1 heterocycles. The fourth-order valence-corrected chi connectivity index (χ4v) is 4.04. The average molecular weight is 378 g/mol. The summed E-state index contributed by atoms with van der Waals surface area (Å²) >= 11 is 0. The molecule has 158 valence electrons. The lowest BCUT2D eigenvalue weighted by atomic mass is 10.0. The van der Waals surface area contributed by atoms with E-state index in [1.807, 2.05) is 11.0 Å². The topological polar surface area (TPSA) is 20.3 Å². The molecule has 1 aliphatic rings. The molecule has 0 aliphatic carbocycles. The molecule has 0 atom stereocenters. The van der Waals surface area contributed by atoms with E-state index in [1.54, 1.807) is 0 Å². The van der Waals surface area contributed by atoms with Crippen LogP contribution in [0.15, 0.2) is 12.2 Å². The molecule has 0 radical (unpaired) electrons. The number of rotatable bonds is 17. The lowest BCUT2D eigenvalue weighted by Crippen LogP contribution is -2.34. The van der Waals surface area contributed by atoms with Gasteiger partial charge in [-0.05, 0) is 38.2 Å². The molecule has 0 unspecified atom stereocenters. The van der Waals surface area contributed by atoms with E-state index in [0.717, 1.165) is 19.5 Å². The second-order valence-corrected chi connectivity index (χ2v) is 8.53. The molecular formula is C25H47NO. The van der Waals surface area contributed by atoms with Gasteiger partial charge in [0.25, 0.3) is 0 Å². The van der Waals surface area contributed by atoms with Crippen LogP contribution in [0.4, 0.5) is 0 Å². The Bertz CT molecular complexity index is 357. The monoisotopic (exact) mass is 377 g/mol. The van der Waals surface area contributed by atoms with Crippen molar-refractivity contribution in [2.45, 2.75) is 129 Å². The van der Waals surface area contributed by atoms with Gasteiger partial charge in [-0.2, -0.15) is 0 Å². The van der Waals surface area contributed by atoms with Crippen LogP contribution < -0.4 is 0 Å². The Morgan fingerprint density at radius 3 is 1.59 bits per heavy atom. The zero-order valence-corrected chi connectivity index (χ0v) is 18.4. The highest BCUT2D eigenvalue weighted by atomic mass is 16.2. The quantitative estimate of drug-likeness (QED) is 0.187. The first-order chi connectivity index (χ1) is 13.3. The van der Waals surface area contributed by atoms with Crippen molar-refractivity contribution in [1.29, 1.82) is 0 Å². The number of likely N-dealkylation sites (tertiary alicyclic amines) is 1. The van der Waals surface area contributed by atoms with Crippen LogP contribution in [0.2, 0.25) is 0 Å². The summed E-state index contributed by atoms with van der Waals surface area (Å²) in [6.07, 6.45) is 29.7. The highest BCUT2D eigenvalue weighted by Crippen LogP contribution is 2.14. The smallest absolute Gasteiger partial charge is 0.246 e. The van der Waals surface area contributed by atoms with E-state index >= 15 is 0 Å². The van der Waals surface area contributed by atoms with Gasteiger partial charge in [0.15, 0.2) is 0 Å². The van der Waals surface area contributed by atoms with E-state index in [2.05, 4.69) is 13.0 Å². The number of carbonyl (C=O) groups excluding carboxylic acids is 1. The summed E-state index contributed by atoms with van der Waals surface area (Å²) in [5.74, 6) is 0.232. The van der Waals surface area contributed by atoms with E-state index in [4.69, 9.17) is 0 Å². The Labute approximate surface area is 170 Å². The van der Waals surface area contributed by atoms with Crippen LogP contribution in [0, 0.1) is 0 Å². The van der Waals surface area contributed by atoms with Gasteiger partial charge in [-0.25, -0.2) is 0 Å². The third kappa shape index (κ3) is 14.9. The number of hydrogen-bond acceptors (Lipinski definition) is 1. The fourth-order valence-electron chi connectivity index (χ4n) is 4.04. The Balaban J connectivity index is 1.76. The van der Waals surface area contributed by atoms with Gasteiger partial charge in [0.1, 0.15) is 0 Å². The lowest BCUT2D eigenvalue weighted by Gasteiger charge is -2.25. The van der Waals surface area contributed by atoms with E-state index < -0.39 is 0 Å². The number of allylic oxidation sites excluding steroid dienone is 1. The molecule has 0 bridgehead atoms. The Hall–Kier alpha value is -0.790. The van der Waals surface area contributed by atoms with Gasteiger partial charge in [0, 0.05) is 13.1 Å². The van der Waals surface area contributed by atoms with Crippen LogP contribution in [0.25, 0.3) is 0 Å². The molecule has 0 aromatic rings. The molecular weight excluding hydrogens is 330 g/mol. The number of piperidine rings is 1. The molecule has 0 saturated carbocycles. The first kappa shape index (κ1) is 24.2. The highest BCUT2D eigenvalue weighted by Gasteiger charge is 2.13. The van der Waals surface area contributed by atoms with E-state index in [9.17, 15) is 4.79 Å². The third-order valence-electron chi connectivity index (χ3n) is 5.90. The van der Waals surface area contributed by atoms with Crippen LogP contribution in [0.3, 0.4) is 0 Å². The van der Waals surface area contributed by atoms with Crippen molar-refractivity contribution in [2.75, 3.05) is 13.1 Å². The summed E-state index contributed by atoms with van der Waals surface area (Å²) < 4.78 is 0. The molecule has 27 heavy (non-hydrogen) atoms. The predicted octanol–water partition coefficient (Wildman–Crippen LogP) is 7.82. The summed E-state index contributed by atoms with van der Waals surface area (Å²) in [4.78, 5) is 14.0. The first-order valence-corrected chi connectivity index (χ1v) is 12.3. The minimum atomic E-state index is 0.232. The number of unbranched alkanes of at least 4 members (excludes halogenated alkanes) is 15. The predicted molar refractivity (Wildman–Crippen MR) is 119 cm³/mol. The van der Waals surface area contributed by atoms with Crippen LogP contribution in [-0.2, 0) is 4.79 Å². The standard InChI is InChI=1S/C25H47NO/c1-2-3-4-5-6-7-8-9-10-11-12-13-14-15-16-17-19-22-25(27)26-23-20-18-21-24-26/h19,22H,2-18,20-21,23-24H2,1H3/b22-19+. The van der Waals surface area contributed by atoms with Gasteiger partial charge < -0.3 is 4.90 Å². The van der Waals surface area contributed by atoms with E-state index in [-0.39, 0.29) is 5.91 Å². The van der Waals surface area contributed by atoms with Crippen LogP contribution in [0.1, 0.15) is 129 Å².